The maximum Gasteiger partial charge on any atom is 1.00 e. The van der Waals surface area contributed by atoms with Gasteiger partial charge in [0.25, 0.3) is 0 Å². The molecule has 0 aliphatic carbocycles. The van der Waals surface area contributed by atoms with Gasteiger partial charge in [-0.3, -0.25) is 4.90 Å². The van der Waals surface area contributed by atoms with Crippen LogP contribution in [0.2, 0.25) is 0 Å². The van der Waals surface area contributed by atoms with E-state index >= 15 is 0 Å². The minimum atomic E-state index is -5.13. The van der Waals surface area contributed by atoms with Crippen LogP contribution in [0.3, 0.4) is 0 Å². The smallest absolute Gasteiger partial charge is 0.445 e. The van der Waals surface area contributed by atoms with E-state index in [0.29, 0.717) is 12.1 Å². The summed E-state index contributed by atoms with van der Waals surface area (Å²) in [5.74, 6) is 0. The second kappa shape index (κ2) is 8.70. The molecule has 0 amide bonds. The molecule has 22 heavy (non-hydrogen) atoms. The fourth-order valence-corrected chi connectivity index (χ4v) is 2.49. The first kappa shape index (κ1) is 20.0. The van der Waals surface area contributed by atoms with Gasteiger partial charge in [-0.25, -0.2) is 0 Å². The topological polar surface area (TPSA) is 64.0 Å². The summed E-state index contributed by atoms with van der Waals surface area (Å²) in [4.78, 5) is 4.70. The zero-order valence-corrected chi connectivity index (χ0v) is 15.8. The van der Waals surface area contributed by atoms with Crippen LogP contribution in [0.15, 0.2) is 17.2 Å². The van der Waals surface area contributed by atoms with Crippen molar-refractivity contribution >= 4 is 18.1 Å². The number of hydrogen-bond donors (Lipinski definition) is 1. The van der Waals surface area contributed by atoms with E-state index in [9.17, 15) is 12.9 Å². The molecule has 1 aromatic carbocycles. The van der Waals surface area contributed by atoms with Crippen LogP contribution in [0.25, 0.3) is 10.4 Å². The Hall–Kier alpha value is -0.0587. The van der Waals surface area contributed by atoms with Crippen molar-refractivity contribution in [3.63, 3.8) is 0 Å². The molecule has 1 heterocycles. The number of nitrogens with one attached hydrogen (secondary N) is 1. The summed E-state index contributed by atoms with van der Waals surface area (Å²) < 4.78 is 39.4. The van der Waals surface area contributed by atoms with E-state index < -0.39 is 12.4 Å². The fraction of sp³-hybridized carbons (Fsp3) is 0.500. The van der Waals surface area contributed by atoms with Gasteiger partial charge in [0.2, 0.25) is 0 Å². The maximum atomic E-state index is 13.1. The third-order valence-corrected chi connectivity index (χ3v) is 3.60. The molecule has 0 bridgehead atoms. The molecule has 0 spiro atoms. The molecule has 0 aromatic heterocycles. The van der Waals surface area contributed by atoms with Crippen molar-refractivity contribution < 1.29 is 64.3 Å². The zero-order valence-electron chi connectivity index (χ0n) is 12.7. The monoisotopic (exact) mass is 337 g/mol. The summed E-state index contributed by atoms with van der Waals surface area (Å²) in [6.07, 6.45) is 0. The molecular formula is C12H16BF3KN5. The van der Waals surface area contributed by atoms with Crippen molar-refractivity contribution in [2.75, 3.05) is 26.2 Å². The Kier molecular flexibility index (Phi) is 7.90. The zero-order chi connectivity index (χ0) is 15.5. The molecule has 1 aliphatic rings. The Labute approximate surface area is 169 Å². The van der Waals surface area contributed by atoms with Gasteiger partial charge >= 0.3 is 58.4 Å². The van der Waals surface area contributed by atoms with Crippen molar-refractivity contribution in [3.8, 4) is 0 Å². The predicted molar refractivity (Wildman–Crippen MR) is 76.8 cm³/mol. The molecule has 0 saturated carbocycles. The number of rotatable bonds is 4. The van der Waals surface area contributed by atoms with Gasteiger partial charge < -0.3 is 18.3 Å². The Balaban J connectivity index is 0.00000242. The van der Waals surface area contributed by atoms with Crippen LogP contribution in [-0.4, -0.2) is 38.1 Å². The number of azide groups is 1. The SMILES string of the molecule is Cc1c(N=[N+]=[N-])cc(CN2CCNCC2)cc1[B-](F)(F)F.[K+]. The quantitative estimate of drug-likeness (QED) is 0.345. The minimum Gasteiger partial charge on any atom is -0.445 e. The summed E-state index contributed by atoms with van der Waals surface area (Å²) in [5, 5.41) is 6.59. The molecule has 0 atom stereocenters. The Morgan fingerprint density at radius 3 is 2.50 bits per heavy atom. The second-order valence-electron chi connectivity index (χ2n) is 5.12. The van der Waals surface area contributed by atoms with Crippen molar-refractivity contribution in [3.05, 3.63) is 33.7 Å². The van der Waals surface area contributed by atoms with Crippen LogP contribution < -0.4 is 62.2 Å². The largest absolute Gasteiger partial charge is 1.00 e. The Bertz CT molecular complexity index is 569. The van der Waals surface area contributed by atoms with E-state index in [-0.39, 0.29) is 62.6 Å². The average Bonchev–Trinajstić information content (AvgIpc) is 2.42. The van der Waals surface area contributed by atoms with E-state index in [4.69, 9.17) is 5.53 Å². The van der Waals surface area contributed by atoms with Crippen LogP contribution in [-0.2, 0) is 6.54 Å². The first-order valence-electron chi connectivity index (χ1n) is 6.73. The summed E-state index contributed by atoms with van der Waals surface area (Å²) in [5.41, 5.74) is 8.41. The van der Waals surface area contributed by atoms with Gasteiger partial charge in [-0.05, 0) is 24.1 Å². The van der Waals surface area contributed by atoms with Crippen molar-refractivity contribution in [1.82, 2.24) is 10.2 Å². The van der Waals surface area contributed by atoms with E-state index in [1.54, 1.807) is 6.07 Å². The molecule has 114 valence electrons. The minimum absolute atomic E-state index is 0. The van der Waals surface area contributed by atoms with Crippen molar-refractivity contribution in [2.45, 2.75) is 13.5 Å². The molecule has 5 nitrogen and oxygen atoms in total. The molecule has 1 fully saturated rings. The summed E-state index contributed by atoms with van der Waals surface area (Å²) >= 11 is 0. The van der Waals surface area contributed by atoms with Gasteiger partial charge in [0.1, 0.15) is 0 Å². The number of nitrogens with zero attached hydrogens (tertiary/aromatic N) is 4. The standard InChI is InChI=1S/C12H16BF3N5.K/c1-9-11(13(14,15)16)6-10(7-12(9)19-20-17)8-21-4-2-18-3-5-21;/h6-7,18H,2-5,8H2,1H3;/q-1;+1. The first-order valence-corrected chi connectivity index (χ1v) is 6.73. The number of piperazine rings is 1. The van der Waals surface area contributed by atoms with Crippen LogP contribution in [0.1, 0.15) is 11.1 Å². The van der Waals surface area contributed by atoms with Gasteiger partial charge in [-0.2, -0.15) is 0 Å². The summed E-state index contributed by atoms with van der Waals surface area (Å²) in [6.45, 7) is -0.139. The van der Waals surface area contributed by atoms with Crippen LogP contribution in [0.4, 0.5) is 18.6 Å². The molecule has 10 heteroatoms. The predicted octanol–water partition coefficient (Wildman–Crippen LogP) is -0.600. The van der Waals surface area contributed by atoms with E-state index in [1.165, 1.54) is 13.0 Å². The molecule has 0 radical (unpaired) electrons. The van der Waals surface area contributed by atoms with Crippen LogP contribution >= 0.6 is 0 Å². The van der Waals surface area contributed by atoms with Crippen molar-refractivity contribution in [1.29, 1.82) is 0 Å². The van der Waals surface area contributed by atoms with Crippen LogP contribution in [0.5, 0.6) is 0 Å². The fourth-order valence-electron chi connectivity index (χ4n) is 2.49. The maximum absolute atomic E-state index is 13.1. The molecule has 1 aliphatic heterocycles. The van der Waals surface area contributed by atoms with Gasteiger partial charge in [0.15, 0.2) is 0 Å². The van der Waals surface area contributed by atoms with Gasteiger partial charge in [-0.1, -0.05) is 16.7 Å². The number of hydrogen-bond acceptors (Lipinski definition) is 3. The molecular weight excluding hydrogens is 321 g/mol. The summed E-state index contributed by atoms with van der Waals surface area (Å²) in [6, 6.07) is 2.72. The third-order valence-electron chi connectivity index (χ3n) is 3.60. The van der Waals surface area contributed by atoms with E-state index in [2.05, 4.69) is 20.2 Å². The number of benzene rings is 1. The molecule has 1 N–H and O–H groups in total. The molecule has 2 rings (SSSR count). The Morgan fingerprint density at radius 1 is 1.32 bits per heavy atom. The third kappa shape index (κ3) is 5.24. The second-order valence-corrected chi connectivity index (χ2v) is 5.12. The van der Waals surface area contributed by atoms with E-state index in [0.717, 1.165) is 26.2 Å². The number of halogens is 3. The van der Waals surface area contributed by atoms with Gasteiger partial charge in [0.05, 0.1) is 0 Å². The van der Waals surface area contributed by atoms with Crippen LogP contribution in [0, 0.1) is 6.92 Å². The van der Waals surface area contributed by atoms with Crippen molar-refractivity contribution in [2.24, 2.45) is 5.11 Å². The van der Waals surface area contributed by atoms with Gasteiger partial charge in [-0.15, -0.1) is 5.46 Å². The van der Waals surface area contributed by atoms with Gasteiger partial charge in [0, 0.05) is 43.3 Å². The normalized spacial score (nSPS) is 15.8. The molecule has 1 saturated heterocycles. The molecule has 1 aromatic rings. The molecule has 0 unspecified atom stereocenters. The average molecular weight is 337 g/mol. The summed E-state index contributed by atoms with van der Waals surface area (Å²) in [7, 11) is 0. The van der Waals surface area contributed by atoms with E-state index in [1.807, 2.05) is 0 Å². The first-order chi connectivity index (χ1) is 9.91. The Morgan fingerprint density at radius 2 is 1.95 bits per heavy atom.